The lowest BCUT2D eigenvalue weighted by Crippen LogP contribution is -2.04. The number of phenols is 1. The molecule has 0 saturated heterocycles. The van der Waals surface area contributed by atoms with Crippen LogP contribution in [0.2, 0.25) is 0 Å². The summed E-state index contributed by atoms with van der Waals surface area (Å²) in [6, 6.07) is 18.5. The van der Waals surface area contributed by atoms with E-state index in [4.69, 9.17) is 11.7 Å². The number of hydrogen-bond acceptors (Lipinski definition) is 3. The third-order valence-corrected chi connectivity index (χ3v) is 4.12. The molecule has 1 unspecified atom stereocenters. The van der Waals surface area contributed by atoms with Crippen LogP contribution in [0.15, 0.2) is 67.0 Å². The van der Waals surface area contributed by atoms with Gasteiger partial charge in [0, 0.05) is 12.4 Å². The Balaban J connectivity index is 1.95. The summed E-state index contributed by atoms with van der Waals surface area (Å²) < 4.78 is 0. The number of nitriles is 1. The van der Waals surface area contributed by atoms with Gasteiger partial charge in [-0.2, -0.15) is 5.26 Å². The molecule has 3 nitrogen and oxygen atoms in total. The molecule has 3 rings (SSSR count). The topological polar surface area (TPSA) is 56.9 Å². The minimum atomic E-state index is -0.211. The molecule has 1 heterocycles. The fraction of sp³-hybridized carbons (Fsp3) is 0.0909. The van der Waals surface area contributed by atoms with Crippen molar-refractivity contribution in [2.75, 3.05) is 0 Å². The van der Waals surface area contributed by atoms with Gasteiger partial charge < -0.3 is 5.11 Å². The number of aromatic hydroxyl groups is 1. The zero-order valence-corrected chi connectivity index (χ0v) is 13.6. The maximum Gasteiger partial charge on any atom is 0.115 e. The third-order valence-electron chi connectivity index (χ3n) is 4.12. The first-order chi connectivity index (χ1) is 12.2. The van der Waals surface area contributed by atoms with Crippen LogP contribution in [0.4, 0.5) is 0 Å². The Morgan fingerprint density at radius 2 is 1.76 bits per heavy atom. The molecule has 1 aromatic heterocycles. The molecule has 0 bridgehead atoms. The van der Waals surface area contributed by atoms with E-state index in [1.54, 1.807) is 18.3 Å². The molecule has 0 aliphatic carbocycles. The Morgan fingerprint density at radius 1 is 1.04 bits per heavy atom. The average Bonchev–Trinajstić information content (AvgIpc) is 2.66. The lowest BCUT2D eigenvalue weighted by Gasteiger charge is -2.16. The number of pyridine rings is 1. The summed E-state index contributed by atoms with van der Waals surface area (Å²) in [7, 11) is 0. The Hall–Kier alpha value is -3.56. The number of terminal acetylenes is 1. The first kappa shape index (κ1) is 16.3. The molecule has 25 heavy (non-hydrogen) atoms. The van der Waals surface area contributed by atoms with E-state index in [0.29, 0.717) is 12.0 Å². The molecule has 0 amide bonds. The van der Waals surface area contributed by atoms with Gasteiger partial charge in [0.1, 0.15) is 5.75 Å². The summed E-state index contributed by atoms with van der Waals surface area (Å²) in [4.78, 5) is 4.24. The summed E-state index contributed by atoms with van der Waals surface area (Å²) in [5, 5.41) is 18.4. The molecule has 0 fully saturated rings. The van der Waals surface area contributed by atoms with Crippen molar-refractivity contribution >= 4 is 0 Å². The van der Waals surface area contributed by atoms with Gasteiger partial charge >= 0.3 is 0 Å². The van der Waals surface area contributed by atoms with E-state index in [9.17, 15) is 5.11 Å². The smallest absolute Gasteiger partial charge is 0.115 e. The molecule has 0 aliphatic rings. The normalized spacial score (nSPS) is 11.3. The number of benzene rings is 2. The Morgan fingerprint density at radius 3 is 2.40 bits per heavy atom. The summed E-state index contributed by atoms with van der Waals surface area (Å²) in [5.41, 5.74) is 4.75. The molecule has 2 aromatic carbocycles. The second-order valence-electron chi connectivity index (χ2n) is 5.75. The standard InChI is InChI=1S/C22H16N2O/c1-2-21(18-7-9-20(25)10-8-18)22-11-12-24-15-19(22)13-16-3-5-17(14-23)6-4-16/h1,3-12,15,21,25H,13H2. The quantitative estimate of drug-likeness (QED) is 0.738. The van der Waals surface area contributed by atoms with Crippen molar-refractivity contribution in [3.05, 3.63) is 94.8 Å². The Labute approximate surface area is 147 Å². The molecule has 1 atom stereocenters. The Kier molecular flexibility index (Phi) is 4.79. The van der Waals surface area contributed by atoms with Crippen LogP contribution in [-0.4, -0.2) is 10.1 Å². The number of nitrogens with zero attached hydrogens (tertiary/aromatic N) is 2. The minimum absolute atomic E-state index is 0.211. The zero-order valence-electron chi connectivity index (χ0n) is 13.6. The molecule has 0 radical (unpaired) electrons. The second kappa shape index (κ2) is 7.34. The van der Waals surface area contributed by atoms with Gasteiger partial charge in [-0.05, 0) is 59.0 Å². The first-order valence-corrected chi connectivity index (χ1v) is 7.88. The molecule has 120 valence electrons. The van der Waals surface area contributed by atoms with Gasteiger partial charge in [-0.15, -0.1) is 6.42 Å². The monoisotopic (exact) mass is 324 g/mol. The second-order valence-corrected chi connectivity index (χ2v) is 5.75. The van der Waals surface area contributed by atoms with Gasteiger partial charge in [-0.3, -0.25) is 4.98 Å². The van der Waals surface area contributed by atoms with Gasteiger partial charge in [0.15, 0.2) is 0 Å². The van der Waals surface area contributed by atoms with Crippen LogP contribution in [0.1, 0.15) is 33.7 Å². The average molecular weight is 324 g/mol. The molecule has 0 spiro atoms. The summed E-state index contributed by atoms with van der Waals surface area (Å²) >= 11 is 0. The predicted molar refractivity (Wildman–Crippen MR) is 97.0 cm³/mol. The maximum absolute atomic E-state index is 9.49. The van der Waals surface area contributed by atoms with Crippen LogP contribution in [0, 0.1) is 23.7 Å². The fourth-order valence-corrected chi connectivity index (χ4v) is 2.82. The lowest BCUT2D eigenvalue weighted by atomic mass is 9.88. The van der Waals surface area contributed by atoms with E-state index in [1.165, 1.54) is 0 Å². The number of aromatic nitrogens is 1. The van der Waals surface area contributed by atoms with Crippen LogP contribution in [0.5, 0.6) is 5.75 Å². The SMILES string of the molecule is C#CC(c1ccc(O)cc1)c1ccncc1Cc1ccc(C#N)cc1. The largest absolute Gasteiger partial charge is 0.508 e. The lowest BCUT2D eigenvalue weighted by molar-refractivity contribution is 0.475. The molecule has 0 aliphatic heterocycles. The van der Waals surface area contributed by atoms with E-state index in [1.807, 2.05) is 48.7 Å². The molecule has 3 heteroatoms. The predicted octanol–water partition coefficient (Wildman–Crippen LogP) is 4.01. The molecule has 3 aromatic rings. The molecule has 1 N–H and O–H groups in total. The number of hydrogen-bond donors (Lipinski definition) is 1. The Bertz CT molecular complexity index is 945. The number of rotatable bonds is 4. The highest BCUT2D eigenvalue weighted by atomic mass is 16.3. The first-order valence-electron chi connectivity index (χ1n) is 7.88. The fourth-order valence-electron chi connectivity index (χ4n) is 2.82. The summed E-state index contributed by atoms with van der Waals surface area (Å²) in [5.74, 6) is 2.85. The third kappa shape index (κ3) is 3.68. The molecular formula is C22H16N2O. The highest BCUT2D eigenvalue weighted by Crippen LogP contribution is 2.28. The molecular weight excluding hydrogens is 308 g/mol. The van der Waals surface area contributed by atoms with Crippen LogP contribution >= 0.6 is 0 Å². The van der Waals surface area contributed by atoms with Gasteiger partial charge in [0.2, 0.25) is 0 Å². The highest BCUT2D eigenvalue weighted by molar-refractivity contribution is 5.45. The van der Waals surface area contributed by atoms with E-state index >= 15 is 0 Å². The van der Waals surface area contributed by atoms with Crippen molar-refractivity contribution in [1.82, 2.24) is 4.98 Å². The van der Waals surface area contributed by atoms with Crippen LogP contribution in [-0.2, 0) is 6.42 Å². The van der Waals surface area contributed by atoms with Crippen LogP contribution in [0.25, 0.3) is 0 Å². The van der Waals surface area contributed by atoms with E-state index < -0.39 is 0 Å². The van der Waals surface area contributed by atoms with Gasteiger partial charge in [0.05, 0.1) is 17.6 Å². The van der Waals surface area contributed by atoms with Crippen molar-refractivity contribution < 1.29 is 5.11 Å². The van der Waals surface area contributed by atoms with Crippen molar-refractivity contribution in [2.24, 2.45) is 0 Å². The van der Waals surface area contributed by atoms with E-state index in [2.05, 4.69) is 17.0 Å². The van der Waals surface area contributed by atoms with Crippen LogP contribution < -0.4 is 0 Å². The molecule has 0 saturated carbocycles. The highest BCUT2D eigenvalue weighted by Gasteiger charge is 2.15. The van der Waals surface area contributed by atoms with Gasteiger partial charge in [0.25, 0.3) is 0 Å². The zero-order chi connectivity index (χ0) is 17.6. The van der Waals surface area contributed by atoms with Crippen molar-refractivity contribution in [3.63, 3.8) is 0 Å². The van der Waals surface area contributed by atoms with Crippen molar-refractivity contribution in [2.45, 2.75) is 12.3 Å². The number of phenolic OH excluding ortho intramolecular Hbond substituents is 1. The maximum atomic E-state index is 9.49. The summed E-state index contributed by atoms with van der Waals surface area (Å²) in [6.07, 6.45) is 10.1. The van der Waals surface area contributed by atoms with Gasteiger partial charge in [-0.1, -0.05) is 30.2 Å². The summed E-state index contributed by atoms with van der Waals surface area (Å²) in [6.45, 7) is 0. The minimum Gasteiger partial charge on any atom is -0.508 e. The van der Waals surface area contributed by atoms with Crippen molar-refractivity contribution in [3.8, 4) is 24.2 Å². The van der Waals surface area contributed by atoms with Crippen LogP contribution in [0.3, 0.4) is 0 Å². The van der Waals surface area contributed by atoms with E-state index in [0.717, 1.165) is 22.3 Å². The van der Waals surface area contributed by atoms with Crippen molar-refractivity contribution in [1.29, 1.82) is 5.26 Å². The van der Waals surface area contributed by atoms with Gasteiger partial charge in [-0.25, -0.2) is 0 Å². The van der Waals surface area contributed by atoms with E-state index in [-0.39, 0.29) is 11.7 Å².